The van der Waals surface area contributed by atoms with Gasteiger partial charge in [0.15, 0.2) is 0 Å². The molecule has 0 aliphatic carbocycles. The van der Waals surface area contributed by atoms with Crippen molar-refractivity contribution in [3.8, 4) is 22.5 Å². The van der Waals surface area contributed by atoms with Crippen LogP contribution < -0.4 is 0 Å². The molecule has 0 amide bonds. The van der Waals surface area contributed by atoms with Crippen LogP contribution in [0.15, 0.2) is 122 Å². The maximum Gasteiger partial charge on any atom is 2.00 e. The molecule has 9 aromatic rings. The minimum atomic E-state index is -2.18. The van der Waals surface area contributed by atoms with Gasteiger partial charge in [0.2, 0.25) is 0 Å². The molecule has 242 valence electrons. The molecule has 4 aromatic heterocycles. The normalized spacial score (nSPS) is 14.9. The first-order valence-electron chi connectivity index (χ1n) is 19.9. The number of rotatable bonds is 3. The third-order valence-electron chi connectivity index (χ3n) is 8.55. The molecule has 0 unspecified atom stereocenters. The summed E-state index contributed by atoms with van der Waals surface area (Å²) in [5.74, 6) is 0. The van der Waals surface area contributed by atoms with Gasteiger partial charge in [-0.3, -0.25) is 0 Å². The number of nitrogens with zero attached hydrogens (tertiary/aromatic N) is 3. The van der Waals surface area contributed by atoms with E-state index in [-0.39, 0.29) is 32.2 Å². The van der Waals surface area contributed by atoms with E-state index in [1.54, 1.807) is 18.3 Å². The number of hydrogen-bond donors (Lipinski definition) is 0. The zero-order chi connectivity index (χ0) is 39.8. The number of pyridine rings is 2. The minimum Gasteiger partial charge on any atom is -0.308 e. The van der Waals surface area contributed by atoms with E-state index in [4.69, 9.17) is 11.0 Å². The number of aromatic nitrogens is 3. The van der Waals surface area contributed by atoms with Crippen molar-refractivity contribution in [2.75, 3.05) is 0 Å². The van der Waals surface area contributed by atoms with Gasteiger partial charge in [0, 0.05) is 39.5 Å². The van der Waals surface area contributed by atoms with Crippen LogP contribution in [-0.2, 0) is 27.4 Å². The monoisotopic (exact) mass is 822 g/mol. The van der Waals surface area contributed by atoms with Gasteiger partial charge in [-0.2, -0.15) is 0 Å². The summed E-state index contributed by atoms with van der Waals surface area (Å²) in [4.78, 5) is 8.74. The van der Waals surface area contributed by atoms with Crippen molar-refractivity contribution >= 4 is 48.9 Å². The average molecular weight is 823 g/mol. The Hall–Kier alpha value is -4.85. The Morgan fingerprint density at radius 2 is 1.41 bits per heavy atom. The smallest absolute Gasteiger partial charge is 0.308 e. The molecule has 0 atom stereocenters. The maximum atomic E-state index is 8.56. The van der Waals surface area contributed by atoms with Crippen LogP contribution in [0, 0.1) is 31.3 Å². The summed E-state index contributed by atoms with van der Waals surface area (Å²) in [5.41, 5.74) is 7.02. The van der Waals surface area contributed by atoms with Crippen molar-refractivity contribution in [2.45, 2.75) is 40.8 Å². The van der Waals surface area contributed by atoms with Gasteiger partial charge in [-0.25, -0.2) is 0 Å². The van der Waals surface area contributed by atoms with Crippen LogP contribution in [0.5, 0.6) is 0 Å². The van der Waals surface area contributed by atoms with Crippen molar-refractivity contribution in [3.05, 3.63) is 150 Å². The summed E-state index contributed by atoms with van der Waals surface area (Å²) in [7, 11) is 0. The molecule has 0 saturated heterocycles. The van der Waals surface area contributed by atoms with Gasteiger partial charge in [0.1, 0.15) is 0 Å². The Labute approximate surface area is 313 Å². The summed E-state index contributed by atoms with van der Waals surface area (Å²) < 4.78 is 63.2. The van der Waals surface area contributed by atoms with Crippen LogP contribution in [0.2, 0.25) is 0 Å². The Balaban J connectivity index is 0.000000202. The third kappa shape index (κ3) is 6.13. The first-order chi connectivity index (χ1) is 26.4. The van der Waals surface area contributed by atoms with Gasteiger partial charge in [0.05, 0.1) is 16.6 Å². The fraction of sp³-hybridized carbons (Fsp3) is 0.156. The molecule has 0 radical (unpaired) electrons. The molecule has 5 aromatic carbocycles. The summed E-state index contributed by atoms with van der Waals surface area (Å²) in [6.07, 6.45) is 1.50. The van der Waals surface area contributed by atoms with E-state index in [0.717, 1.165) is 16.6 Å². The first kappa shape index (κ1) is 24.3. The van der Waals surface area contributed by atoms with Gasteiger partial charge >= 0.3 is 21.1 Å². The molecule has 9 rings (SSSR count). The second-order valence-electron chi connectivity index (χ2n) is 13.1. The largest absolute Gasteiger partial charge is 2.00 e. The Bertz CT molecular complexity index is 2820. The summed E-state index contributed by atoms with van der Waals surface area (Å²) in [6.45, 7) is 1.41. The van der Waals surface area contributed by atoms with Crippen molar-refractivity contribution < 1.29 is 32.0 Å². The van der Waals surface area contributed by atoms with Crippen LogP contribution in [-0.4, -0.2) is 14.4 Å². The zero-order valence-corrected chi connectivity index (χ0v) is 29.5. The SMILES string of the molecule is [2H]C([2H])([2H])c1c[c-]c(-c2ccc(C([2H])([2H])[2H])cn2)cc1.[2H]C([2H])(c1ccc(-c2[c-]cc3ccc4c(c3c2)c2cccc3c5ccccc5n4c32)nc1)C(C)(C)C.[Pt+2]. The zero-order valence-electron chi connectivity index (χ0n) is 35.2. The van der Waals surface area contributed by atoms with Crippen molar-refractivity contribution in [1.82, 2.24) is 14.4 Å². The van der Waals surface area contributed by atoms with Crippen molar-refractivity contribution in [1.29, 1.82) is 0 Å². The number of fused-ring (bicyclic) bond motifs is 8. The van der Waals surface area contributed by atoms with E-state index < -0.39 is 25.5 Å². The van der Waals surface area contributed by atoms with E-state index in [2.05, 4.69) is 87.2 Å². The summed E-state index contributed by atoms with van der Waals surface area (Å²) in [5, 5.41) is 7.38. The molecule has 4 heterocycles. The predicted molar refractivity (Wildman–Crippen MR) is 202 cm³/mol. The number of benzene rings is 5. The van der Waals surface area contributed by atoms with E-state index in [1.165, 1.54) is 67.9 Å². The van der Waals surface area contributed by atoms with Crippen LogP contribution in [0.25, 0.3) is 71.4 Å². The summed E-state index contributed by atoms with van der Waals surface area (Å²) >= 11 is 0. The molecule has 0 bridgehead atoms. The number of para-hydroxylation sites is 2. The Morgan fingerprint density at radius 3 is 2.14 bits per heavy atom. The Kier molecular flexibility index (Phi) is 6.39. The fourth-order valence-electron chi connectivity index (χ4n) is 6.53. The van der Waals surface area contributed by atoms with Gasteiger partial charge in [0.25, 0.3) is 0 Å². The molecule has 3 nitrogen and oxygen atoms in total. The molecule has 0 aliphatic rings. The first-order valence-corrected chi connectivity index (χ1v) is 15.9. The van der Waals surface area contributed by atoms with Gasteiger partial charge < -0.3 is 14.4 Å². The van der Waals surface area contributed by atoms with Crippen LogP contribution >= 0.6 is 0 Å². The van der Waals surface area contributed by atoms with Crippen LogP contribution in [0.4, 0.5) is 0 Å². The molecular formula is C45H37N3Pt. The molecule has 49 heavy (non-hydrogen) atoms. The molecule has 4 heteroatoms. The predicted octanol–water partition coefficient (Wildman–Crippen LogP) is 11.6. The van der Waals surface area contributed by atoms with Crippen LogP contribution in [0.1, 0.15) is 48.4 Å². The molecule has 0 spiro atoms. The average Bonchev–Trinajstić information content (AvgIpc) is 3.70. The summed E-state index contributed by atoms with van der Waals surface area (Å²) in [6, 6.07) is 41.5. The molecule has 0 N–H and O–H groups in total. The van der Waals surface area contributed by atoms with Crippen LogP contribution in [0.3, 0.4) is 0 Å². The number of aryl methyl sites for hydroxylation is 2. The second kappa shape index (κ2) is 12.9. The van der Waals surface area contributed by atoms with Crippen molar-refractivity contribution in [2.24, 2.45) is 5.41 Å². The van der Waals surface area contributed by atoms with Gasteiger partial charge in [-0.1, -0.05) is 105 Å². The minimum absolute atomic E-state index is 0. The van der Waals surface area contributed by atoms with E-state index >= 15 is 0 Å². The third-order valence-corrected chi connectivity index (χ3v) is 8.55. The van der Waals surface area contributed by atoms with E-state index in [9.17, 15) is 0 Å². The quantitative estimate of drug-likeness (QED) is 0.166. The Morgan fingerprint density at radius 1 is 0.673 bits per heavy atom. The maximum absolute atomic E-state index is 8.56. The fourth-order valence-corrected chi connectivity index (χ4v) is 6.53. The van der Waals surface area contributed by atoms with Crippen molar-refractivity contribution in [3.63, 3.8) is 0 Å². The van der Waals surface area contributed by atoms with E-state index in [1.807, 2.05) is 39.0 Å². The second-order valence-corrected chi connectivity index (χ2v) is 13.1. The molecular weight excluding hydrogens is 778 g/mol. The number of hydrogen-bond acceptors (Lipinski definition) is 2. The van der Waals surface area contributed by atoms with Gasteiger partial charge in [-0.15, -0.1) is 59.2 Å². The topological polar surface area (TPSA) is 30.2 Å². The molecule has 0 saturated carbocycles. The standard InChI is InChI=1S/C32H25N2.C13H12N.Pt/c1-32(2,3)18-20-11-15-27(33-19-20)22-13-12-21-14-16-29-30(26(21)17-22)25-9-6-8-24-23-7-4-5-10-28(23)34(29)31(24)25;1-10-3-6-12(7-4-10)13-8-5-11(2)9-14-13;/h4-12,14-17,19H,18H2,1-3H3;3-6,8-9H,1-2H3;/q2*-1;+2/i18D2;1D3,2D3;. The molecule has 0 fully saturated rings. The molecule has 0 aliphatic heterocycles. The van der Waals surface area contributed by atoms with Gasteiger partial charge in [-0.05, 0) is 58.7 Å². The van der Waals surface area contributed by atoms with E-state index in [0.29, 0.717) is 16.8 Å².